The van der Waals surface area contributed by atoms with E-state index in [-0.39, 0.29) is 17.2 Å². The van der Waals surface area contributed by atoms with E-state index in [0.717, 1.165) is 12.0 Å². The van der Waals surface area contributed by atoms with Gasteiger partial charge >= 0.3 is 5.97 Å². The van der Waals surface area contributed by atoms with Crippen LogP contribution in [-0.4, -0.2) is 38.0 Å². The van der Waals surface area contributed by atoms with Crippen LogP contribution in [-0.2, 0) is 12.8 Å². The Morgan fingerprint density at radius 1 is 1.17 bits per heavy atom. The lowest BCUT2D eigenvalue weighted by atomic mass is 9.83. The minimum Gasteiger partial charge on any atom is -0.478 e. The Balaban J connectivity index is 1.61. The number of aryl methyl sites for hydroxylation is 1. The number of primary amides is 1. The third-order valence-corrected chi connectivity index (χ3v) is 5.42. The van der Waals surface area contributed by atoms with Gasteiger partial charge in [-0.2, -0.15) is 0 Å². The van der Waals surface area contributed by atoms with Gasteiger partial charge in [-0.15, -0.1) is 0 Å². The van der Waals surface area contributed by atoms with Gasteiger partial charge in [0.25, 0.3) is 0 Å². The van der Waals surface area contributed by atoms with Crippen molar-refractivity contribution in [2.75, 3.05) is 5.32 Å². The zero-order valence-corrected chi connectivity index (χ0v) is 16.6. The molecule has 1 aromatic carbocycles. The highest BCUT2D eigenvalue weighted by molar-refractivity contribution is 6.32. The predicted octanol–water partition coefficient (Wildman–Crippen LogP) is 2.96. The smallest absolute Gasteiger partial charge is 0.336 e. The first kappa shape index (κ1) is 19.8. The lowest BCUT2D eigenvalue weighted by Gasteiger charge is -2.27. The third-order valence-electron chi connectivity index (χ3n) is 5.12. The Hall–Kier alpha value is -3.52. The molecule has 1 aliphatic carbocycles. The van der Waals surface area contributed by atoms with Crippen LogP contribution in [0.5, 0.6) is 0 Å². The number of aromatic nitrogens is 3. The number of nitrogens with zero attached hydrogens (tertiary/aromatic N) is 3. The number of nitrogens with two attached hydrogens (primary N) is 1. The van der Waals surface area contributed by atoms with Crippen molar-refractivity contribution in [2.24, 2.45) is 5.73 Å². The molecule has 8 nitrogen and oxygen atoms in total. The summed E-state index contributed by atoms with van der Waals surface area (Å²) in [5.41, 5.74) is 8.43. The number of carboxylic acid groups (broad SMARTS) is 1. The third kappa shape index (κ3) is 3.81. The first-order valence-corrected chi connectivity index (χ1v) is 9.70. The first-order valence-electron chi connectivity index (χ1n) is 9.32. The molecule has 1 aliphatic rings. The summed E-state index contributed by atoms with van der Waals surface area (Å²) in [5.74, 6) is -1.50. The number of anilines is 1. The molecule has 0 spiro atoms. The molecule has 4 N–H and O–H groups in total. The van der Waals surface area contributed by atoms with Crippen molar-refractivity contribution in [3.05, 3.63) is 70.1 Å². The largest absolute Gasteiger partial charge is 0.478 e. The summed E-state index contributed by atoms with van der Waals surface area (Å²) in [7, 11) is 0. The zero-order chi connectivity index (χ0) is 21.3. The van der Waals surface area contributed by atoms with Crippen LogP contribution in [0, 0.1) is 0 Å². The van der Waals surface area contributed by atoms with Crippen LogP contribution >= 0.6 is 11.6 Å². The number of benzene rings is 1. The number of nitrogens with one attached hydrogen (secondary N) is 1. The normalized spacial score (nSPS) is 15.3. The molecule has 0 fully saturated rings. The van der Waals surface area contributed by atoms with Crippen molar-refractivity contribution in [3.63, 3.8) is 0 Å². The average Bonchev–Trinajstić information content (AvgIpc) is 2.73. The molecule has 30 heavy (non-hydrogen) atoms. The van der Waals surface area contributed by atoms with Crippen LogP contribution < -0.4 is 11.1 Å². The molecule has 2 heterocycles. The molecule has 0 bridgehead atoms. The Kier molecular flexibility index (Phi) is 5.33. The van der Waals surface area contributed by atoms with E-state index in [9.17, 15) is 14.7 Å². The maximum atomic E-state index is 12.0. The van der Waals surface area contributed by atoms with Crippen LogP contribution in [0.2, 0.25) is 5.15 Å². The predicted molar refractivity (Wildman–Crippen MR) is 112 cm³/mol. The molecule has 0 saturated carbocycles. The van der Waals surface area contributed by atoms with Gasteiger partial charge in [-0.05, 0) is 54.7 Å². The lowest BCUT2D eigenvalue weighted by molar-refractivity contribution is 0.0691. The van der Waals surface area contributed by atoms with E-state index in [1.807, 2.05) is 6.07 Å². The van der Waals surface area contributed by atoms with E-state index in [4.69, 9.17) is 17.3 Å². The highest BCUT2D eigenvalue weighted by atomic mass is 35.5. The number of hydrogen-bond donors (Lipinski definition) is 3. The van der Waals surface area contributed by atoms with Gasteiger partial charge in [0, 0.05) is 24.0 Å². The van der Waals surface area contributed by atoms with Gasteiger partial charge in [0.1, 0.15) is 5.15 Å². The molecular weight excluding hydrogens is 406 g/mol. The number of carbonyl (C=O) groups is 2. The molecule has 0 radical (unpaired) electrons. The van der Waals surface area contributed by atoms with Crippen molar-refractivity contribution in [1.82, 2.24) is 15.0 Å². The molecule has 9 heteroatoms. The van der Waals surface area contributed by atoms with Gasteiger partial charge in [0.2, 0.25) is 11.9 Å². The molecule has 2 aromatic heterocycles. The molecule has 1 atom stereocenters. The van der Waals surface area contributed by atoms with E-state index >= 15 is 0 Å². The average molecular weight is 424 g/mol. The number of rotatable bonds is 5. The highest BCUT2D eigenvalue weighted by Gasteiger charge is 2.27. The number of aromatic carboxylic acids is 1. The number of pyridine rings is 1. The molecular formula is C21H18ClN5O3. The maximum absolute atomic E-state index is 12.0. The van der Waals surface area contributed by atoms with E-state index in [1.165, 1.54) is 6.07 Å². The Morgan fingerprint density at radius 2 is 2.00 bits per heavy atom. The molecule has 0 aliphatic heterocycles. The van der Waals surface area contributed by atoms with Crippen molar-refractivity contribution in [1.29, 1.82) is 0 Å². The number of amides is 1. The summed E-state index contributed by atoms with van der Waals surface area (Å²) in [4.78, 5) is 36.4. The molecule has 1 amide bonds. The maximum Gasteiger partial charge on any atom is 0.336 e. The van der Waals surface area contributed by atoms with Crippen LogP contribution in [0.4, 0.5) is 5.95 Å². The van der Waals surface area contributed by atoms with E-state index in [0.29, 0.717) is 40.8 Å². The number of hydrogen-bond acceptors (Lipinski definition) is 6. The van der Waals surface area contributed by atoms with Crippen LogP contribution in [0.25, 0.3) is 11.3 Å². The van der Waals surface area contributed by atoms with E-state index < -0.39 is 11.9 Å². The Bertz CT molecular complexity index is 1150. The molecule has 3 aromatic rings. The van der Waals surface area contributed by atoms with Crippen LogP contribution in [0.15, 0.2) is 42.7 Å². The summed E-state index contributed by atoms with van der Waals surface area (Å²) in [6.07, 6.45) is 5.13. The minimum atomic E-state index is -1.17. The number of carboxylic acids is 1. The topological polar surface area (TPSA) is 131 Å². The molecule has 0 saturated heterocycles. The summed E-state index contributed by atoms with van der Waals surface area (Å²) >= 11 is 6.16. The SMILES string of the molecule is NC(=O)c1c(C(=O)O)ccc2c1CC(Nc1nccc(-c3cccnc3Cl)n1)CC2. The van der Waals surface area contributed by atoms with Crippen molar-refractivity contribution < 1.29 is 14.7 Å². The van der Waals surface area contributed by atoms with E-state index in [1.54, 1.807) is 30.6 Å². The quantitative estimate of drug-likeness (QED) is 0.537. The van der Waals surface area contributed by atoms with Gasteiger partial charge in [-0.25, -0.2) is 19.7 Å². The second-order valence-corrected chi connectivity index (χ2v) is 7.34. The number of carbonyl (C=O) groups excluding carboxylic acids is 1. The summed E-state index contributed by atoms with van der Waals surface area (Å²) in [6, 6.07) is 8.46. The molecule has 4 rings (SSSR count). The number of halogens is 1. The second-order valence-electron chi connectivity index (χ2n) is 6.99. The van der Waals surface area contributed by atoms with Crippen molar-refractivity contribution in [3.8, 4) is 11.3 Å². The molecule has 1 unspecified atom stereocenters. The monoisotopic (exact) mass is 423 g/mol. The fourth-order valence-corrected chi connectivity index (χ4v) is 3.97. The fourth-order valence-electron chi connectivity index (χ4n) is 3.76. The summed E-state index contributed by atoms with van der Waals surface area (Å²) in [5, 5.41) is 13.0. The van der Waals surface area contributed by atoms with Gasteiger partial charge in [0.05, 0.1) is 16.8 Å². The van der Waals surface area contributed by atoms with Crippen LogP contribution in [0.1, 0.15) is 38.3 Å². The zero-order valence-electron chi connectivity index (χ0n) is 15.8. The highest BCUT2D eigenvalue weighted by Crippen LogP contribution is 2.29. The summed E-state index contributed by atoms with van der Waals surface area (Å²) in [6.45, 7) is 0. The second kappa shape index (κ2) is 8.08. The standard InChI is InChI=1S/C21H18ClN5O3/c22-18-13(2-1-8-24-18)16-7-9-25-21(27-16)26-12-5-3-11-4-6-14(20(29)30)17(19(23)28)15(11)10-12/h1-2,4,6-9,12H,3,5,10H2,(H2,23,28)(H,29,30)(H,25,26,27). The first-order chi connectivity index (χ1) is 14.4. The van der Waals surface area contributed by atoms with Gasteiger partial charge < -0.3 is 16.2 Å². The lowest BCUT2D eigenvalue weighted by Crippen LogP contribution is -2.31. The Morgan fingerprint density at radius 3 is 2.73 bits per heavy atom. The van der Waals surface area contributed by atoms with Crippen LogP contribution in [0.3, 0.4) is 0 Å². The van der Waals surface area contributed by atoms with Gasteiger partial charge in [0.15, 0.2) is 0 Å². The van der Waals surface area contributed by atoms with E-state index in [2.05, 4.69) is 20.3 Å². The molecule has 152 valence electrons. The van der Waals surface area contributed by atoms with Gasteiger partial charge in [-0.1, -0.05) is 17.7 Å². The number of fused-ring (bicyclic) bond motifs is 1. The van der Waals surface area contributed by atoms with Crippen molar-refractivity contribution in [2.45, 2.75) is 25.3 Å². The fraction of sp³-hybridized carbons (Fsp3) is 0.190. The summed E-state index contributed by atoms with van der Waals surface area (Å²) < 4.78 is 0. The van der Waals surface area contributed by atoms with Crippen molar-refractivity contribution >= 4 is 29.4 Å². The minimum absolute atomic E-state index is 0.0725. The van der Waals surface area contributed by atoms with Gasteiger partial charge in [-0.3, -0.25) is 4.79 Å². The Labute approximate surface area is 177 Å².